The van der Waals surface area contributed by atoms with Gasteiger partial charge in [0.05, 0.1) is 5.69 Å². The highest BCUT2D eigenvalue weighted by molar-refractivity contribution is 5.68. The molecule has 0 aliphatic carbocycles. The summed E-state index contributed by atoms with van der Waals surface area (Å²) in [5.74, 6) is 1.75. The Kier molecular flexibility index (Phi) is 4.99. The van der Waals surface area contributed by atoms with Gasteiger partial charge < -0.3 is 9.47 Å². The van der Waals surface area contributed by atoms with E-state index in [1.165, 1.54) is 40.8 Å². The molecule has 3 aromatic rings. The van der Waals surface area contributed by atoms with Crippen molar-refractivity contribution in [2.24, 2.45) is 7.05 Å². The zero-order valence-electron chi connectivity index (χ0n) is 18.0. The molecule has 0 N–H and O–H groups in total. The molecule has 1 atom stereocenters. The molecule has 156 valence electrons. The maximum absolute atomic E-state index is 5.80. The predicted molar refractivity (Wildman–Crippen MR) is 118 cm³/mol. The Labute approximate surface area is 178 Å². The number of aromatic nitrogens is 2. The zero-order valence-corrected chi connectivity index (χ0v) is 18.0. The lowest BCUT2D eigenvalue weighted by Gasteiger charge is -2.26. The van der Waals surface area contributed by atoms with Gasteiger partial charge in [0.15, 0.2) is 11.5 Å². The van der Waals surface area contributed by atoms with E-state index >= 15 is 0 Å². The standard InChI is InChI=1S/C25H29N3O2/c1-17-25(18(2)27(3)26-17)20-8-6-19(7-9-20)16-28-12-4-5-22(28)21-10-11-23-24(15-21)30-14-13-29-23/h6-11,15,22H,4-5,12-14,16H2,1-3H3/t22-/m0/s1. The van der Waals surface area contributed by atoms with Crippen molar-refractivity contribution >= 4 is 0 Å². The summed E-state index contributed by atoms with van der Waals surface area (Å²) in [6.07, 6.45) is 2.41. The molecule has 1 aromatic heterocycles. The number of ether oxygens (including phenoxy) is 2. The Morgan fingerprint density at radius 1 is 1.00 bits per heavy atom. The van der Waals surface area contributed by atoms with Crippen LogP contribution in [0.5, 0.6) is 11.5 Å². The van der Waals surface area contributed by atoms with E-state index in [0.717, 1.165) is 30.3 Å². The Balaban J connectivity index is 1.34. The van der Waals surface area contributed by atoms with E-state index in [2.05, 4.69) is 66.3 Å². The van der Waals surface area contributed by atoms with Gasteiger partial charge in [-0.3, -0.25) is 9.58 Å². The van der Waals surface area contributed by atoms with Crippen LogP contribution in [0.1, 0.15) is 41.4 Å². The summed E-state index contributed by atoms with van der Waals surface area (Å²) in [5, 5.41) is 4.56. The van der Waals surface area contributed by atoms with Gasteiger partial charge in [0.25, 0.3) is 0 Å². The fraction of sp³-hybridized carbons (Fsp3) is 0.400. The quantitative estimate of drug-likeness (QED) is 0.627. The Morgan fingerprint density at radius 2 is 1.77 bits per heavy atom. The average Bonchev–Trinajstić information content (AvgIpc) is 3.32. The van der Waals surface area contributed by atoms with Gasteiger partial charge in [0.2, 0.25) is 0 Å². The number of rotatable bonds is 4. The number of hydrogen-bond acceptors (Lipinski definition) is 4. The number of fused-ring (bicyclic) bond motifs is 1. The number of aryl methyl sites for hydroxylation is 2. The van der Waals surface area contributed by atoms with Gasteiger partial charge in [-0.25, -0.2) is 0 Å². The Morgan fingerprint density at radius 3 is 2.50 bits per heavy atom. The first-order chi connectivity index (χ1) is 14.6. The van der Waals surface area contributed by atoms with E-state index in [-0.39, 0.29) is 0 Å². The molecule has 5 rings (SSSR count). The lowest BCUT2D eigenvalue weighted by molar-refractivity contribution is 0.170. The molecule has 1 saturated heterocycles. The van der Waals surface area contributed by atoms with Gasteiger partial charge in [-0.05, 0) is 62.1 Å². The van der Waals surface area contributed by atoms with E-state index in [9.17, 15) is 0 Å². The highest BCUT2D eigenvalue weighted by Gasteiger charge is 2.27. The third-order valence-corrected chi connectivity index (χ3v) is 6.45. The summed E-state index contributed by atoms with van der Waals surface area (Å²) in [7, 11) is 2.01. The lowest BCUT2D eigenvalue weighted by Crippen LogP contribution is -2.23. The van der Waals surface area contributed by atoms with Gasteiger partial charge in [-0.1, -0.05) is 30.3 Å². The normalized spacial score (nSPS) is 18.7. The molecule has 5 nitrogen and oxygen atoms in total. The molecule has 0 spiro atoms. The average molecular weight is 404 g/mol. The smallest absolute Gasteiger partial charge is 0.161 e. The topological polar surface area (TPSA) is 39.5 Å². The molecule has 2 aliphatic heterocycles. The minimum atomic E-state index is 0.434. The zero-order chi connectivity index (χ0) is 20.7. The fourth-order valence-electron chi connectivity index (χ4n) is 4.86. The summed E-state index contributed by atoms with van der Waals surface area (Å²) >= 11 is 0. The molecule has 0 bridgehead atoms. The molecule has 0 unspecified atom stereocenters. The summed E-state index contributed by atoms with van der Waals surface area (Å²) in [6.45, 7) is 7.57. The highest BCUT2D eigenvalue weighted by Crippen LogP contribution is 2.38. The molecule has 2 aromatic carbocycles. The second kappa shape index (κ2) is 7.80. The molecule has 30 heavy (non-hydrogen) atoms. The number of likely N-dealkylation sites (tertiary alicyclic amines) is 1. The third kappa shape index (κ3) is 3.47. The van der Waals surface area contributed by atoms with Crippen LogP contribution in [0.2, 0.25) is 0 Å². The minimum absolute atomic E-state index is 0.434. The van der Waals surface area contributed by atoms with Crippen LogP contribution in [0.15, 0.2) is 42.5 Å². The van der Waals surface area contributed by atoms with Gasteiger partial charge >= 0.3 is 0 Å². The minimum Gasteiger partial charge on any atom is -0.486 e. The van der Waals surface area contributed by atoms with Crippen LogP contribution in [0.3, 0.4) is 0 Å². The van der Waals surface area contributed by atoms with Crippen LogP contribution in [0.25, 0.3) is 11.1 Å². The second-order valence-corrected chi connectivity index (χ2v) is 8.40. The van der Waals surface area contributed by atoms with Crippen LogP contribution >= 0.6 is 0 Å². The molecule has 2 aliphatic rings. The van der Waals surface area contributed by atoms with Crippen molar-refractivity contribution in [2.45, 2.75) is 39.3 Å². The highest BCUT2D eigenvalue weighted by atomic mass is 16.6. The first kappa shape index (κ1) is 19.2. The van der Waals surface area contributed by atoms with Gasteiger partial charge in [0.1, 0.15) is 13.2 Å². The first-order valence-electron chi connectivity index (χ1n) is 10.8. The number of hydrogen-bond donors (Lipinski definition) is 0. The van der Waals surface area contributed by atoms with Crippen molar-refractivity contribution in [3.8, 4) is 22.6 Å². The van der Waals surface area contributed by atoms with E-state index < -0.39 is 0 Å². The van der Waals surface area contributed by atoms with Crippen LogP contribution in [0.4, 0.5) is 0 Å². The monoisotopic (exact) mass is 403 g/mol. The largest absolute Gasteiger partial charge is 0.486 e. The van der Waals surface area contributed by atoms with Crippen LogP contribution in [-0.2, 0) is 13.6 Å². The van der Waals surface area contributed by atoms with E-state index in [1.54, 1.807) is 0 Å². The third-order valence-electron chi connectivity index (χ3n) is 6.45. The maximum Gasteiger partial charge on any atom is 0.161 e. The molecular formula is C25H29N3O2. The van der Waals surface area contributed by atoms with Crippen molar-refractivity contribution in [3.63, 3.8) is 0 Å². The van der Waals surface area contributed by atoms with Crippen LogP contribution in [0, 0.1) is 13.8 Å². The second-order valence-electron chi connectivity index (χ2n) is 8.40. The summed E-state index contributed by atoms with van der Waals surface area (Å²) in [6, 6.07) is 15.9. The van der Waals surface area contributed by atoms with E-state index in [1.807, 2.05) is 11.7 Å². The first-order valence-corrected chi connectivity index (χ1v) is 10.8. The van der Waals surface area contributed by atoms with Gasteiger partial charge in [0, 0.05) is 30.9 Å². The van der Waals surface area contributed by atoms with Crippen molar-refractivity contribution in [1.29, 1.82) is 0 Å². The maximum atomic E-state index is 5.80. The van der Waals surface area contributed by atoms with Gasteiger partial charge in [-0.15, -0.1) is 0 Å². The Hall–Kier alpha value is -2.79. The van der Waals surface area contributed by atoms with Crippen molar-refractivity contribution in [1.82, 2.24) is 14.7 Å². The molecule has 3 heterocycles. The predicted octanol–water partition coefficient (Wildman–Crippen LogP) is 4.81. The van der Waals surface area contributed by atoms with E-state index in [0.29, 0.717) is 19.3 Å². The summed E-state index contributed by atoms with van der Waals surface area (Å²) in [4.78, 5) is 2.58. The van der Waals surface area contributed by atoms with Crippen molar-refractivity contribution in [3.05, 3.63) is 65.0 Å². The summed E-state index contributed by atoms with van der Waals surface area (Å²) in [5.41, 5.74) is 7.46. The molecule has 0 amide bonds. The molecule has 0 saturated carbocycles. The summed E-state index contributed by atoms with van der Waals surface area (Å²) < 4.78 is 13.4. The van der Waals surface area contributed by atoms with Gasteiger partial charge in [-0.2, -0.15) is 5.10 Å². The lowest BCUT2D eigenvalue weighted by atomic mass is 10.0. The van der Waals surface area contributed by atoms with E-state index in [4.69, 9.17) is 9.47 Å². The molecule has 5 heteroatoms. The SMILES string of the molecule is Cc1nn(C)c(C)c1-c1ccc(CN2CCC[C@H]2c2ccc3c(c2)OCCO3)cc1. The van der Waals surface area contributed by atoms with Crippen molar-refractivity contribution < 1.29 is 9.47 Å². The number of nitrogens with zero attached hydrogens (tertiary/aromatic N) is 3. The van der Waals surface area contributed by atoms with Crippen LogP contribution in [-0.4, -0.2) is 34.4 Å². The fourth-order valence-corrected chi connectivity index (χ4v) is 4.86. The Bertz CT molecular complexity index is 1060. The van der Waals surface area contributed by atoms with Crippen molar-refractivity contribution in [2.75, 3.05) is 19.8 Å². The molecular weight excluding hydrogens is 374 g/mol. The molecule has 0 radical (unpaired) electrons. The van der Waals surface area contributed by atoms with Crippen LogP contribution < -0.4 is 9.47 Å². The number of benzene rings is 2. The molecule has 1 fully saturated rings.